The average molecular weight is 364 g/mol. The fraction of sp³-hybridized carbons (Fsp3) is 0.364. The molecule has 0 aromatic heterocycles. The molecule has 2 aromatic carbocycles. The normalized spacial score (nSPS) is 22.1. The van der Waals surface area contributed by atoms with Gasteiger partial charge in [0.2, 0.25) is 11.8 Å². The summed E-state index contributed by atoms with van der Waals surface area (Å²) in [7, 11) is 1.63. The van der Waals surface area contributed by atoms with Crippen LogP contribution in [0, 0.1) is 0 Å². The molecule has 5 nitrogen and oxygen atoms in total. The van der Waals surface area contributed by atoms with Crippen LogP contribution in [0.15, 0.2) is 54.6 Å². The van der Waals surface area contributed by atoms with Crippen molar-refractivity contribution >= 4 is 11.8 Å². The first-order valence-corrected chi connectivity index (χ1v) is 9.45. The predicted molar refractivity (Wildman–Crippen MR) is 102 cm³/mol. The molecule has 2 aromatic rings. The molecule has 0 unspecified atom stereocenters. The number of benzene rings is 2. The van der Waals surface area contributed by atoms with Gasteiger partial charge in [-0.15, -0.1) is 0 Å². The third kappa shape index (κ3) is 3.42. The second-order valence-electron chi connectivity index (χ2n) is 7.21. The summed E-state index contributed by atoms with van der Waals surface area (Å²) in [5.41, 5.74) is 2.07. The van der Waals surface area contributed by atoms with Crippen LogP contribution in [0.25, 0.3) is 0 Å². The minimum Gasteiger partial charge on any atom is -0.497 e. The van der Waals surface area contributed by atoms with Crippen LogP contribution in [-0.2, 0) is 22.6 Å². The quantitative estimate of drug-likeness (QED) is 0.820. The lowest BCUT2D eigenvalue weighted by molar-refractivity contribution is -0.160. The Morgan fingerprint density at radius 1 is 0.963 bits per heavy atom. The molecule has 0 bridgehead atoms. The predicted octanol–water partition coefficient (Wildman–Crippen LogP) is 2.64. The maximum absolute atomic E-state index is 13.2. The number of piperazine rings is 1. The molecule has 2 fully saturated rings. The standard InChI is InChI=1S/C22H24N2O3/c1-27-18-11-9-17(10-12-18)15-24-20(14-16-6-3-2-4-7-16)22(26)23-13-5-8-19(23)21(24)25/h2-4,6-7,9-12,19-20H,5,8,13-15H2,1H3/t19-,20-/m0/s1. The zero-order valence-corrected chi connectivity index (χ0v) is 15.5. The van der Waals surface area contributed by atoms with Crippen molar-refractivity contribution in [1.29, 1.82) is 0 Å². The SMILES string of the molecule is COc1ccc(CN2C(=O)[C@@H]3CCCN3C(=O)[C@@H]2Cc2ccccc2)cc1. The number of hydrogen-bond donors (Lipinski definition) is 0. The Morgan fingerprint density at radius 2 is 1.70 bits per heavy atom. The van der Waals surface area contributed by atoms with E-state index in [1.54, 1.807) is 16.9 Å². The van der Waals surface area contributed by atoms with Gasteiger partial charge in [-0.1, -0.05) is 42.5 Å². The summed E-state index contributed by atoms with van der Waals surface area (Å²) in [4.78, 5) is 29.9. The van der Waals surface area contributed by atoms with E-state index in [1.807, 2.05) is 54.6 Å². The van der Waals surface area contributed by atoms with Gasteiger partial charge in [0.15, 0.2) is 0 Å². The fourth-order valence-corrected chi connectivity index (χ4v) is 4.11. The van der Waals surface area contributed by atoms with Crippen molar-refractivity contribution in [3.05, 3.63) is 65.7 Å². The molecule has 2 atom stereocenters. The molecule has 2 saturated heterocycles. The fourth-order valence-electron chi connectivity index (χ4n) is 4.11. The van der Waals surface area contributed by atoms with Crippen LogP contribution >= 0.6 is 0 Å². The van der Waals surface area contributed by atoms with Crippen LogP contribution in [0.4, 0.5) is 0 Å². The topological polar surface area (TPSA) is 49.9 Å². The summed E-state index contributed by atoms with van der Waals surface area (Å²) in [6, 6.07) is 16.9. The summed E-state index contributed by atoms with van der Waals surface area (Å²) in [6.45, 7) is 1.13. The first-order chi connectivity index (χ1) is 13.2. The minimum atomic E-state index is -0.448. The number of carbonyl (C=O) groups is 2. The van der Waals surface area contributed by atoms with E-state index >= 15 is 0 Å². The van der Waals surface area contributed by atoms with Crippen molar-refractivity contribution in [3.8, 4) is 5.75 Å². The van der Waals surface area contributed by atoms with Gasteiger partial charge in [0.25, 0.3) is 0 Å². The molecule has 140 valence electrons. The van der Waals surface area contributed by atoms with E-state index < -0.39 is 6.04 Å². The lowest BCUT2D eigenvalue weighted by Gasteiger charge is -2.42. The Balaban J connectivity index is 1.62. The largest absolute Gasteiger partial charge is 0.497 e. The molecule has 5 heteroatoms. The van der Waals surface area contributed by atoms with E-state index in [1.165, 1.54) is 0 Å². The molecular weight excluding hydrogens is 340 g/mol. The van der Waals surface area contributed by atoms with Crippen LogP contribution < -0.4 is 4.74 Å². The maximum Gasteiger partial charge on any atom is 0.246 e. The van der Waals surface area contributed by atoms with E-state index in [0.29, 0.717) is 19.5 Å². The highest BCUT2D eigenvalue weighted by molar-refractivity contribution is 5.97. The number of nitrogens with zero attached hydrogens (tertiary/aromatic N) is 2. The summed E-state index contributed by atoms with van der Waals surface area (Å²) in [5, 5.41) is 0. The number of fused-ring (bicyclic) bond motifs is 1. The minimum absolute atomic E-state index is 0.0730. The third-order valence-electron chi connectivity index (χ3n) is 5.55. The van der Waals surface area contributed by atoms with Crippen molar-refractivity contribution < 1.29 is 14.3 Å². The molecule has 0 spiro atoms. The Labute approximate surface area is 159 Å². The van der Waals surface area contributed by atoms with Gasteiger partial charge in [0.1, 0.15) is 17.8 Å². The molecule has 0 aliphatic carbocycles. The molecule has 27 heavy (non-hydrogen) atoms. The van der Waals surface area contributed by atoms with Gasteiger partial charge in [0, 0.05) is 19.5 Å². The van der Waals surface area contributed by atoms with Crippen molar-refractivity contribution in [2.75, 3.05) is 13.7 Å². The van der Waals surface area contributed by atoms with Crippen LogP contribution in [0.2, 0.25) is 0 Å². The molecular formula is C22H24N2O3. The first-order valence-electron chi connectivity index (χ1n) is 9.45. The Hall–Kier alpha value is -2.82. The molecule has 0 saturated carbocycles. The van der Waals surface area contributed by atoms with Gasteiger partial charge in [-0.05, 0) is 36.1 Å². The Morgan fingerprint density at radius 3 is 2.41 bits per heavy atom. The van der Waals surface area contributed by atoms with Crippen LogP contribution in [0.5, 0.6) is 5.75 Å². The van der Waals surface area contributed by atoms with E-state index in [2.05, 4.69) is 0 Å². The average Bonchev–Trinajstić information content (AvgIpc) is 3.20. The van der Waals surface area contributed by atoms with E-state index in [-0.39, 0.29) is 17.9 Å². The zero-order valence-electron chi connectivity index (χ0n) is 15.5. The molecule has 0 radical (unpaired) electrons. The van der Waals surface area contributed by atoms with Crippen molar-refractivity contribution in [3.63, 3.8) is 0 Å². The van der Waals surface area contributed by atoms with Crippen molar-refractivity contribution in [2.24, 2.45) is 0 Å². The lowest BCUT2D eigenvalue weighted by Crippen LogP contribution is -2.63. The van der Waals surface area contributed by atoms with Crippen LogP contribution in [-0.4, -0.2) is 47.4 Å². The number of amides is 2. The van der Waals surface area contributed by atoms with E-state index in [9.17, 15) is 9.59 Å². The Kier molecular flexibility index (Phi) is 4.84. The lowest BCUT2D eigenvalue weighted by atomic mass is 9.97. The number of ether oxygens (including phenoxy) is 1. The van der Waals surface area contributed by atoms with Gasteiger partial charge >= 0.3 is 0 Å². The van der Waals surface area contributed by atoms with Gasteiger partial charge in [-0.2, -0.15) is 0 Å². The summed E-state index contributed by atoms with van der Waals surface area (Å²) < 4.78 is 5.21. The number of methoxy groups -OCH3 is 1. The molecule has 2 heterocycles. The zero-order chi connectivity index (χ0) is 18.8. The first kappa shape index (κ1) is 17.6. The molecule has 2 aliphatic heterocycles. The molecule has 2 amide bonds. The number of hydrogen-bond acceptors (Lipinski definition) is 3. The number of carbonyl (C=O) groups excluding carboxylic acids is 2. The van der Waals surface area contributed by atoms with Gasteiger partial charge in [-0.3, -0.25) is 9.59 Å². The van der Waals surface area contributed by atoms with Crippen molar-refractivity contribution in [1.82, 2.24) is 9.80 Å². The second kappa shape index (κ2) is 7.43. The van der Waals surface area contributed by atoms with Gasteiger partial charge < -0.3 is 14.5 Å². The second-order valence-corrected chi connectivity index (χ2v) is 7.21. The maximum atomic E-state index is 13.2. The third-order valence-corrected chi connectivity index (χ3v) is 5.55. The summed E-state index contributed by atoms with van der Waals surface area (Å²) in [5.74, 6) is 0.931. The molecule has 2 aliphatic rings. The van der Waals surface area contributed by atoms with Crippen molar-refractivity contribution in [2.45, 2.75) is 37.9 Å². The highest BCUT2D eigenvalue weighted by Gasteiger charge is 2.47. The van der Waals surface area contributed by atoms with Gasteiger partial charge in [0.05, 0.1) is 7.11 Å². The highest BCUT2D eigenvalue weighted by Crippen LogP contribution is 2.30. The Bertz CT molecular complexity index is 819. The van der Waals surface area contributed by atoms with Gasteiger partial charge in [-0.25, -0.2) is 0 Å². The van der Waals surface area contributed by atoms with Crippen LogP contribution in [0.3, 0.4) is 0 Å². The molecule has 0 N–H and O–H groups in total. The summed E-state index contributed by atoms with van der Waals surface area (Å²) in [6.07, 6.45) is 2.21. The van der Waals surface area contributed by atoms with E-state index in [4.69, 9.17) is 4.74 Å². The van der Waals surface area contributed by atoms with E-state index in [0.717, 1.165) is 29.7 Å². The molecule has 4 rings (SSSR count). The highest BCUT2D eigenvalue weighted by atomic mass is 16.5. The monoisotopic (exact) mass is 364 g/mol. The smallest absolute Gasteiger partial charge is 0.246 e. The van der Waals surface area contributed by atoms with Crippen LogP contribution in [0.1, 0.15) is 24.0 Å². The summed E-state index contributed by atoms with van der Waals surface area (Å²) >= 11 is 0. The number of rotatable bonds is 5.